The lowest BCUT2D eigenvalue weighted by Gasteiger charge is -2.29. The molecular formula is C18H21NO4. The van der Waals surface area contributed by atoms with Gasteiger partial charge in [-0.05, 0) is 31.9 Å². The Balaban J connectivity index is 1.77. The van der Waals surface area contributed by atoms with Crippen LogP contribution in [0.25, 0.3) is 11.0 Å². The molecule has 122 valence electrons. The van der Waals surface area contributed by atoms with E-state index in [9.17, 15) is 9.59 Å². The van der Waals surface area contributed by atoms with E-state index in [0.29, 0.717) is 5.76 Å². The van der Waals surface area contributed by atoms with Gasteiger partial charge in [-0.1, -0.05) is 31.0 Å². The van der Waals surface area contributed by atoms with Gasteiger partial charge in [0.2, 0.25) is 5.91 Å². The number of carboxylic acid groups (broad SMARTS) is 1. The zero-order chi connectivity index (χ0) is 16.4. The Morgan fingerprint density at radius 3 is 2.65 bits per heavy atom. The predicted molar refractivity (Wildman–Crippen MR) is 86.2 cm³/mol. The number of benzene rings is 1. The number of hydrogen-bond donors (Lipinski definition) is 2. The van der Waals surface area contributed by atoms with E-state index in [2.05, 4.69) is 5.32 Å². The fraction of sp³-hybridized carbons (Fsp3) is 0.444. The van der Waals surface area contributed by atoms with Crippen molar-refractivity contribution in [1.82, 2.24) is 5.32 Å². The normalized spacial score (nSPS) is 18.0. The second-order valence-electron chi connectivity index (χ2n) is 6.46. The summed E-state index contributed by atoms with van der Waals surface area (Å²) in [6, 6.07) is 9.49. The van der Waals surface area contributed by atoms with Gasteiger partial charge in [0, 0.05) is 5.39 Å². The first-order valence-corrected chi connectivity index (χ1v) is 8.01. The standard InChI is InChI=1S/C18H21NO4/c1-12(15-10-13-6-2-3-7-14(13)23-15)17(22)19-18(11-16(20)21)8-4-5-9-18/h2-3,6-7,10,12H,4-5,8-9,11H2,1H3,(H,19,22)(H,20,21). The average Bonchev–Trinajstić information content (AvgIpc) is 3.12. The molecule has 3 rings (SSSR count). The first kappa shape index (κ1) is 15.6. The van der Waals surface area contributed by atoms with E-state index in [4.69, 9.17) is 9.52 Å². The zero-order valence-corrected chi connectivity index (χ0v) is 13.2. The number of carbonyl (C=O) groups excluding carboxylic acids is 1. The number of nitrogens with one attached hydrogen (secondary N) is 1. The summed E-state index contributed by atoms with van der Waals surface area (Å²) in [6.45, 7) is 1.79. The molecule has 1 aromatic heterocycles. The lowest BCUT2D eigenvalue weighted by molar-refractivity contribution is -0.139. The number of fused-ring (bicyclic) bond motifs is 1. The molecule has 0 saturated heterocycles. The Hall–Kier alpha value is -2.30. The molecule has 1 aliphatic rings. The van der Waals surface area contributed by atoms with E-state index in [1.807, 2.05) is 30.3 Å². The van der Waals surface area contributed by atoms with Gasteiger partial charge < -0.3 is 14.8 Å². The lowest BCUT2D eigenvalue weighted by atomic mass is 9.92. The second-order valence-corrected chi connectivity index (χ2v) is 6.46. The minimum Gasteiger partial charge on any atom is -0.481 e. The zero-order valence-electron chi connectivity index (χ0n) is 13.2. The van der Waals surface area contributed by atoms with Gasteiger partial charge in [0.1, 0.15) is 11.3 Å². The van der Waals surface area contributed by atoms with Crippen LogP contribution in [0.2, 0.25) is 0 Å². The maximum absolute atomic E-state index is 12.6. The summed E-state index contributed by atoms with van der Waals surface area (Å²) < 4.78 is 5.75. The largest absolute Gasteiger partial charge is 0.481 e. The molecule has 2 N–H and O–H groups in total. The topological polar surface area (TPSA) is 79.5 Å². The third kappa shape index (κ3) is 3.23. The number of aliphatic carboxylic acids is 1. The van der Waals surface area contributed by atoms with E-state index in [1.165, 1.54) is 0 Å². The van der Waals surface area contributed by atoms with Gasteiger partial charge >= 0.3 is 5.97 Å². The summed E-state index contributed by atoms with van der Waals surface area (Å²) >= 11 is 0. The maximum atomic E-state index is 12.6. The summed E-state index contributed by atoms with van der Waals surface area (Å²) in [7, 11) is 0. The Labute approximate surface area is 134 Å². The number of rotatable bonds is 5. The van der Waals surface area contributed by atoms with E-state index < -0.39 is 17.4 Å². The molecule has 5 nitrogen and oxygen atoms in total. The summed E-state index contributed by atoms with van der Waals surface area (Å²) in [5, 5.41) is 13.1. The second kappa shape index (κ2) is 6.07. The van der Waals surface area contributed by atoms with Gasteiger partial charge in [0.25, 0.3) is 0 Å². The molecule has 2 aromatic rings. The van der Waals surface area contributed by atoms with Crippen LogP contribution in [0.1, 0.15) is 50.7 Å². The third-order valence-corrected chi connectivity index (χ3v) is 4.70. The molecule has 0 bridgehead atoms. The van der Waals surface area contributed by atoms with Gasteiger partial charge in [-0.25, -0.2) is 0 Å². The van der Waals surface area contributed by atoms with Crippen LogP contribution in [-0.4, -0.2) is 22.5 Å². The summed E-state index contributed by atoms with van der Waals surface area (Å²) in [5.74, 6) is -0.892. The Morgan fingerprint density at radius 1 is 1.30 bits per heavy atom. The fourth-order valence-corrected chi connectivity index (χ4v) is 3.40. The van der Waals surface area contributed by atoms with Crippen molar-refractivity contribution in [2.75, 3.05) is 0 Å². The van der Waals surface area contributed by atoms with E-state index in [0.717, 1.165) is 36.7 Å². The average molecular weight is 315 g/mol. The molecule has 1 aromatic carbocycles. The summed E-state index contributed by atoms with van der Waals surface area (Å²) in [5.41, 5.74) is 0.145. The van der Waals surface area contributed by atoms with Crippen molar-refractivity contribution < 1.29 is 19.1 Å². The van der Waals surface area contributed by atoms with Crippen LogP contribution in [-0.2, 0) is 9.59 Å². The first-order chi connectivity index (χ1) is 11.0. The molecule has 1 unspecified atom stereocenters. The molecule has 23 heavy (non-hydrogen) atoms. The highest BCUT2D eigenvalue weighted by Crippen LogP contribution is 2.34. The molecule has 1 heterocycles. The highest BCUT2D eigenvalue weighted by atomic mass is 16.4. The van der Waals surface area contributed by atoms with Crippen molar-refractivity contribution in [2.45, 2.75) is 50.5 Å². The molecule has 1 amide bonds. The van der Waals surface area contributed by atoms with E-state index in [-0.39, 0.29) is 12.3 Å². The number of carboxylic acids is 1. The van der Waals surface area contributed by atoms with Gasteiger partial charge in [-0.2, -0.15) is 0 Å². The van der Waals surface area contributed by atoms with Gasteiger partial charge in [-0.3, -0.25) is 9.59 Å². The molecule has 0 aliphatic heterocycles. The van der Waals surface area contributed by atoms with Crippen molar-refractivity contribution in [3.8, 4) is 0 Å². The predicted octanol–water partition coefficient (Wildman–Crippen LogP) is 3.44. The number of hydrogen-bond acceptors (Lipinski definition) is 3. The van der Waals surface area contributed by atoms with Crippen LogP contribution in [0.15, 0.2) is 34.7 Å². The highest BCUT2D eigenvalue weighted by Gasteiger charge is 2.38. The smallest absolute Gasteiger partial charge is 0.305 e. The molecule has 0 spiro atoms. The minimum absolute atomic E-state index is 0.0222. The van der Waals surface area contributed by atoms with Gasteiger partial charge in [-0.15, -0.1) is 0 Å². The molecule has 1 fully saturated rings. The van der Waals surface area contributed by atoms with Crippen LogP contribution < -0.4 is 5.32 Å². The molecular weight excluding hydrogens is 294 g/mol. The first-order valence-electron chi connectivity index (χ1n) is 8.01. The monoisotopic (exact) mass is 315 g/mol. The van der Waals surface area contributed by atoms with E-state index in [1.54, 1.807) is 6.92 Å². The fourth-order valence-electron chi connectivity index (χ4n) is 3.40. The number of carbonyl (C=O) groups is 2. The van der Waals surface area contributed by atoms with Crippen LogP contribution in [0.4, 0.5) is 0 Å². The van der Waals surface area contributed by atoms with Gasteiger partial charge in [0.05, 0.1) is 17.9 Å². The number of furan rings is 1. The summed E-state index contributed by atoms with van der Waals surface area (Å²) in [4.78, 5) is 23.7. The number of para-hydroxylation sites is 1. The Bertz CT molecular complexity index is 694. The molecule has 0 radical (unpaired) electrons. The third-order valence-electron chi connectivity index (χ3n) is 4.70. The highest BCUT2D eigenvalue weighted by molar-refractivity contribution is 5.86. The molecule has 1 saturated carbocycles. The van der Waals surface area contributed by atoms with Crippen LogP contribution >= 0.6 is 0 Å². The van der Waals surface area contributed by atoms with Crippen molar-refractivity contribution in [3.05, 3.63) is 36.1 Å². The molecule has 1 aliphatic carbocycles. The van der Waals surface area contributed by atoms with Crippen molar-refractivity contribution in [1.29, 1.82) is 0 Å². The molecule has 5 heteroatoms. The van der Waals surface area contributed by atoms with E-state index >= 15 is 0 Å². The Kier molecular flexibility index (Phi) is 4.11. The Morgan fingerprint density at radius 2 is 2.00 bits per heavy atom. The van der Waals surface area contributed by atoms with Crippen molar-refractivity contribution in [2.24, 2.45) is 0 Å². The van der Waals surface area contributed by atoms with Crippen LogP contribution in [0, 0.1) is 0 Å². The lowest BCUT2D eigenvalue weighted by Crippen LogP contribution is -2.49. The SMILES string of the molecule is CC(C(=O)NC1(CC(=O)O)CCCC1)c1cc2ccccc2o1. The van der Waals surface area contributed by atoms with Crippen LogP contribution in [0.5, 0.6) is 0 Å². The molecule has 1 atom stereocenters. The van der Waals surface area contributed by atoms with Crippen LogP contribution in [0.3, 0.4) is 0 Å². The quantitative estimate of drug-likeness (QED) is 0.886. The maximum Gasteiger partial charge on any atom is 0.305 e. The number of amides is 1. The van der Waals surface area contributed by atoms with Gasteiger partial charge in [0.15, 0.2) is 0 Å². The minimum atomic E-state index is -0.872. The van der Waals surface area contributed by atoms with Crippen molar-refractivity contribution in [3.63, 3.8) is 0 Å². The van der Waals surface area contributed by atoms with Crippen molar-refractivity contribution >= 4 is 22.8 Å². The summed E-state index contributed by atoms with van der Waals surface area (Å²) in [6.07, 6.45) is 3.32.